The Bertz CT molecular complexity index is 1450. The topological polar surface area (TPSA) is 70.7 Å². The number of anilines is 2. The molecule has 30 heavy (non-hydrogen) atoms. The maximum Gasteiger partial charge on any atom is 0.262 e. The Morgan fingerprint density at radius 3 is 2.47 bits per heavy atom. The van der Waals surface area contributed by atoms with E-state index in [4.69, 9.17) is 23.2 Å². The van der Waals surface area contributed by atoms with Crippen LogP contribution in [0.5, 0.6) is 0 Å². The van der Waals surface area contributed by atoms with Crippen molar-refractivity contribution in [3.8, 4) is 11.1 Å². The highest BCUT2D eigenvalue weighted by Crippen LogP contribution is 2.31. The Kier molecular flexibility index (Phi) is 4.62. The molecule has 5 nitrogen and oxygen atoms in total. The molecule has 5 rings (SSSR count). The van der Waals surface area contributed by atoms with Crippen molar-refractivity contribution < 1.29 is 0 Å². The maximum absolute atomic E-state index is 13.0. The lowest BCUT2D eigenvalue weighted by atomic mass is 9.97. The van der Waals surface area contributed by atoms with Gasteiger partial charge in [0.05, 0.1) is 5.39 Å². The van der Waals surface area contributed by atoms with Gasteiger partial charge in [0.1, 0.15) is 0 Å². The summed E-state index contributed by atoms with van der Waals surface area (Å²) in [5, 5.41) is 6.57. The van der Waals surface area contributed by atoms with E-state index >= 15 is 0 Å². The molecular formula is C23H14Cl2N4O. The van der Waals surface area contributed by atoms with Gasteiger partial charge in [0.25, 0.3) is 5.56 Å². The zero-order chi connectivity index (χ0) is 20.7. The lowest BCUT2D eigenvalue weighted by molar-refractivity contribution is 1.14. The van der Waals surface area contributed by atoms with E-state index in [-0.39, 0.29) is 11.5 Å². The zero-order valence-electron chi connectivity index (χ0n) is 15.5. The van der Waals surface area contributed by atoms with Crippen LogP contribution in [0.25, 0.3) is 32.9 Å². The summed E-state index contributed by atoms with van der Waals surface area (Å²) in [4.78, 5) is 24.6. The van der Waals surface area contributed by atoms with E-state index in [1.54, 1.807) is 24.4 Å². The number of nitrogens with zero attached hydrogens (tertiary/aromatic N) is 2. The smallest absolute Gasteiger partial charge is 0.262 e. The lowest BCUT2D eigenvalue weighted by Gasteiger charge is -2.11. The van der Waals surface area contributed by atoms with Crippen molar-refractivity contribution in [3.63, 3.8) is 0 Å². The van der Waals surface area contributed by atoms with Gasteiger partial charge in [0.2, 0.25) is 5.95 Å². The first kappa shape index (κ1) is 18.6. The summed E-state index contributed by atoms with van der Waals surface area (Å²) < 4.78 is 0. The second kappa shape index (κ2) is 7.44. The number of hydrogen-bond donors (Lipinski definition) is 2. The third kappa shape index (κ3) is 3.38. The second-order valence-corrected chi connectivity index (χ2v) is 7.65. The van der Waals surface area contributed by atoms with Gasteiger partial charge >= 0.3 is 0 Å². The lowest BCUT2D eigenvalue weighted by Crippen LogP contribution is -2.13. The fourth-order valence-corrected chi connectivity index (χ4v) is 4.10. The van der Waals surface area contributed by atoms with Crippen molar-refractivity contribution in [2.75, 3.05) is 5.32 Å². The summed E-state index contributed by atoms with van der Waals surface area (Å²) in [6, 6.07) is 20.9. The molecule has 2 aromatic heterocycles. The Hall–Kier alpha value is -3.41. The quantitative estimate of drug-likeness (QED) is 0.356. The predicted octanol–water partition coefficient (Wildman–Crippen LogP) is 6.19. The number of benzene rings is 3. The van der Waals surface area contributed by atoms with Crippen molar-refractivity contribution in [2.45, 2.75) is 0 Å². The molecule has 0 amide bonds. The van der Waals surface area contributed by atoms with Crippen LogP contribution in [0.2, 0.25) is 10.0 Å². The number of halogens is 2. The summed E-state index contributed by atoms with van der Waals surface area (Å²) in [7, 11) is 0. The molecule has 2 N–H and O–H groups in total. The Labute approximate surface area is 181 Å². The van der Waals surface area contributed by atoms with Gasteiger partial charge in [-0.05, 0) is 40.6 Å². The number of aromatic amines is 1. The van der Waals surface area contributed by atoms with Crippen LogP contribution in [0, 0.1) is 0 Å². The largest absolute Gasteiger partial charge is 0.326 e. The number of aromatic nitrogens is 3. The van der Waals surface area contributed by atoms with Crippen LogP contribution < -0.4 is 10.9 Å². The van der Waals surface area contributed by atoms with Crippen LogP contribution >= 0.6 is 23.2 Å². The van der Waals surface area contributed by atoms with E-state index in [1.165, 1.54) is 0 Å². The molecule has 7 heteroatoms. The van der Waals surface area contributed by atoms with Crippen molar-refractivity contribution in [1.29, 1.82) is 0 Å². The molecule has 0 radical (unpaired) electrons. The molecule has 0 unspecified atom stereocenters. The molecule has 146 valence electrons. The summed E-state index contributed by atoms with van der Waals surface area (Å²) in [6.45, 7) is 0. The summed E-state index contributed by atoms with van der Waals surface area (Å²) in [5.41, 5.74) is 2.41. The van der Waals surface area contributed by atoms with Crippen LogP contribution in [0.3, 0.4) is 0 Å². The highest BCUT2D eigenvalue weighted by molar-refractivity contribution is 6.35. The van der Waals surface area contributed by atoms with Gasteiger partial charge in [-0.2, -0.15) is 4.98 Å². The Balaban J connectivity index is 1.67. The van der Waals surface area contributed by atoms with E-state index in [1.807, 2.05) is 48.5 Å². The van der Waals surface area contributed by atoms with E-state index in [0.717, 1.165) is 21.9 Å². The average Bonchev–Trinajstić information content (AvgIpc) is 2.72. The van der Waals surface area contributed by atoms with Crippen LogP contribution in [0.15, 0.2) is 77.7 Å². The third-order valence-electron chi connectivity index (χ3n) is 4.81. The molecule has 0 saturated carbocycles. The second-order valence-electron chi connectivity index (χ2n) is 6.78. The molecule has 5 aromatic rings. The molecule has 0 atom stereocenters. The summed E-state index contributed by atoms with van der Waals surface area (Å²) in [6.07, 6.45) is 1.66. The fraction of sp³-hybridized carbons (Fsp3) is 0. The number of nitrogens with one attached hydrogen (secondary N) is 2. The van der Waals surface area contributed by atoms with E-state index < -0.39 is 0 Å². The molecule has 0 saturated heterocycles. The van der Waals surface area contributed by atoms with Gasteiger partial charge in [0, 0.05) is 27.5 Å². The minimum atomic E-state index is -0.286. The molecule has 0 aliphatic heterocycles. The minimum Gasteiger partial charge on any atom is -0.326 e. The van der Waals surface area contributed by atoms with Crippen LogP contribution in [0.1, 0.15) is 0 Å². The first-order valence-corrected chi connectivity index (χ1v) is 9.94. The van der Waals surface area contributed by atoms with Gasteiger partial charge in [-0.1, -0.05) is 65.7 Å². The van der Waals surface area contributed by atoms with E-state index in [0.29, 0.717) is 26.8 Å². The van der Waals surface area contributed by atoms with Crippen molar-refractivity contribution >= 4 is 56.6 Å². The standard InChI is InChI=1S/C23H14Cl2N4O/c24-14-10-15(25)12-16(11-14)27-23-28-21-20(22(30)29-23)19(8-9-26-21)18-7-3-5-13-4-1-2-6-17(13)18/h1-12H,(H2,26,27,28,29,30). The molecule has 0 aliphatic rings. The van der Waals surface area contributed by atoms with Gasteiger partial charge in [0.15, 0.2) is 5.65 Å². The number of hydrogen-bond acceptors (Lipinski definition) is 4. The van der Waals surface area contributed by atoms with E-state index in [2.05, 4.69) is 20.3 Å². The number of rotatable bonds is 3. The van der Waals surface area contributed by atoms with Crippen LogP contribution in [-0.2, 0) is 0 Å². The normalized spacial score (nSPS) is 11.1. The third-order valence-corrected chi connectivity index (χ3v) is 5.25. The summed E-state index contributed by atoms with van der Waals surface area (Å²) in [5.74, 6) is 0.258. The number of H-pyrrole nitrogens is 1. The van der Waals surface area contributed by atoms with Gasteiger partial charge in [-0.25, -0.2) is 4.98 Å². The average molecular weight is 433 g/mol. The molecular weight excluding hydrogens is 419 g/mol. The zero-order valence-corrected chi connectivity index (χ0v) is 17.0. The van der Waals surface area contributed by atoms with Crippen molar-refractivity contribution in [2.24, 2.45) is 0 Å². The number of fused-ring (bicyclic) bond motifs is 2. The van der Waals surface area contributed by atoms with Gasteiger partial charge in [-0.15, -0.1) is 0 Å². The van der Waals surface area contributed by atoms with Crippen LogP contribution in [0.4, 0.5) is 11.6 Å². The van der Waals surface area contributed by atoms with Crippen molar-refractivity contribution in [1.82, 2.24) is 15.0 Å². The predicted molar refractivity (Wildman–Crippen MR) is 123 cm³/mol. The summed E-state index contributed by atoms with van der Waals surface area (Å²) >= 11 is 12.1. The van der Waals surface area contributed by atoms with E-state index in [9.17, 15) is 4.79 Å². The fourth-order valence-electron chi connectivity index (χ4n) is 3.57. The van der Waals surface area contributed by atoms with Gasteiger partial charge in [-0.3, -0.25) is 9.78 Å². The monoisotopic (exact) mass is 432 g/mol. The van der Waals surface area contributed by atoms with Gasteiger partial charge < -0.3 is 5.32 Å². The Morgan fingerprint density at radius 2 is 1.63 bits per heavy atom. The molecule has 0 aliphatic carbocycles. The molecule has 0 bridgehead atoms. The maximum atomic E-state index is 13.0. The first-order valence-electron chi connectivity index (χ1n) is 9.19. The highest BCUT2D eigenvalue weighted by atomic mass is 35.5. The first-order chi connectivity index (χ1) is 14.6. The van der Waals surface area contributed by atoms with Crippen LogP contribution in [-0.4, -0.2) is 15.0 Å². The Morgan fingerprint density at radius 1 is 0.867 bits per heavy atom. The molecule has 0 fully saturated rings. The molecule has 2 heterocycles. The van der Waals surface area contributed by atoms with Crippen molar-refractivity contribution in [3.05, 3.63) is 93.3 Å². The highest BCUT2D eigenvalue weighted by Gasteiger charge is 2.13. The number of pyridine rings is 1. The molecule has 0 spiro atoms. The SMILES string of the molecule is O=c1[nH]c(Nc2cc(Cl)cc(Cl)c2)nc2nccc(-c3cccc4ccccc34)c12. The minimum absolute atomic E-state index is 0.258. The molecule has 3 aromatic carbocycles.